The molecule has 2 aliphatic heterocycles. The summed E-state index contributed by atoms with van der Waals surface area (Å²) in [6.07, 6.45) is 4.18. The van der Waals surface area contributed by atoms with Crippen LogP contribution in [0.15, 0.2) is 18.2 Å². The van der Waals surface area contributed by atoms with E-state index in [1.165, 1.54) is 36.6 Å². The van der Waals surface area contributed by atoms with Crippen LogP contribution in [0.5, 0.6) is 0 Å². The molecule has 1 aromatic carbocycles. The molecule has 6 nitrogen and oxygen atoms in total. The second-order valence-electron chi connectivity index (χ2n) is 10.4. The van der Waals surface area contributed by atoms with Crippen molar-refractivity contribution in [2.45, 2.75) is 83.0 Å². The Bertz CT molecular complexity index is 1010. The van der Waals surface area contributed by atoms with Crippen LogP contribution in [-0.4, -0.2) is 65.8 Å². The fourth-order valence-corrected chi connectivity index (χ4v) is 5.81. The van der Waals surface area contributed by atoms with Crippen molar-refractivity contribution in [1.82, 2.24) is 9.80 Å². The number of nitrogens with zero attached hydrogens (tertiary/aromatic N) is 4. The molecule has 0 radical (unpaired) electrons. The number of hydrogen-bond donors (Lipinski definition) is 0. The summed E-state index contributed by atoms with van der Waals surface area (Å²) < 4.78 is 45.7. The lowest BCUT2D eigenvalue weighted by Gasteiger charge is -2.29. The zero-order chi connectivity index (χ0) is 27.2. The largest absolute Gasteiger partial charge is 0.417 e. The topological polar surface area (TPSA) is 59.8 Å². The minimum absolute atomic E-state index is 0.0302. The van der Waals surface area contributed by atoms with Crippen LogP contribution in [0.2, 0.25) is 0 Å². The fourth-order valence-electron chi connectivity index (χ4n) is 5.30. The number of anilines is 1. The van der Waals surface area contributed by atoms with E-state index in [0.29, 0.717) is 12.6 Å². The first-order chi connectivity index (χ1) is 17.5. The molecule has 0 aliphatic carbocycles. The van der Waals surface area contributed by atoms with Gasteiger partial charge in [0.2, 0.25) is 0 Å². The molecule has 10 heteroatoms. The third-order valence-electron chi connectivity index (χ3n) is 7.45. The van der Waals surface area contributed by atoms with Crippen molar-refractivity contribution in [3.05, 3.63) is 29.3 Å². The number of thiocarbonyl (C=S) groups is 1. The van der Waals surface area contributed by atoms with E-state index in [2.05, 4.69) is 4.90 Å². The van der Waals surface area contributed by atoms with Crippen molar-refractivity contribution in [3.63, 3.8) is 0 Å². The van der Waals surface area contributed by atoms with Gasteiger partial charge in [0.1, 0.15) is 5.54 Å². The molecule has 0 spiro atoms. The van der Waals surface area contributed by atoms with Gasteiger partial charge in [-0.2, -0.15) is 18.4 Å². The molecule has 1 atom stereocenters. The number of carbonyl (C=O) groups excluding carboxylic acids is 1. The number of unbranched alkanes of at least 4 members (excludes halogenated alkanes) is 5. The van der Waals surface area contributed by atoms with Crippen LogP contribution in [0.1, 0.15) is 76.3 Å². The van der Waals surface area contributed by atoms with Gasteiger partial charge in [-0.25, -0.2) is 0 Å². The van der Waals surface area contributed by atoms with Crippen LogP contribution in [0, 0.1) is 11.3 Å². The molecule has 0 saturated carbocycles. The molecule has 0 bridgehead atoms. The monoisotopic (exact) mass is 538 g/mol. The van der Waals surface area contributed by atoms with Gasteiger partial charge in [-0.05, 0) is 83.0 Å². The SMILES string of the molecule is COCC1CCCN1CCCCCCCCN1C(=S)N(c2ccc(C#N)c(C(F)(F)F)c2)C(=O)C1(C)C. The molecule has 2 fully saturated rings. The molecule has 2 saturated heterocycles. The maximum atomic E-state index is 13.5. The molecular weight excluding hydrogens is 501 g/mol. The van der Waals surface area contributed by atoms with Crippen LogP contribution < -0.4 is 4.90 Å². The van der Waals surface area contributed by atoms with E-state index < -0.39 is 22.8 Å². The first-order valence-electron chi connectivity index (χ1n) is 13.0. The van der Waals surface area contributed by atoms with Crippen LogP contribution in [-0.2, 0) is 15.7 Å². The zero-order valence-corrected chi connectivity index (χ0v) is 22.8. The van der Waals surface area contributed by atoms with Crippen LogP contribution >= 0.6 is 12.2 Å². The third kappa shape index (κ3) is 6.81. The lowest BCUT2D eigenvalue weighted by atomic mass is 10.0. The van der Waals surface area contributed by atoms with E-state index in [0.717, 1.165) is 57.5 Å². The van der Waals surface area contributed by atoms with Crippen molar-refractivity contribution in [2.24, 2.45) is 0 Å². The molecule has 0 aromatic heterocycles. The standard InChI is InChI=1S/C27H37F3N4O2S/c1-26(2)24(35)34(21-13-12-20(18-31)23(17-21)27(28,29)30)25(37)33(26)16-9-7-5-4-6-8-14-32-15-10-11-22(32)19-36-3/h12-13,17,22H,4-11,14-16,19H2,1-3H3. The predicted octanol–water partition coefficient (Wildman–Crippen LogP) is 5.74. The molecule has 2 aliphatic rings. The van der Waals surface area contributed by atoms with Crippen molar-refractivity contribution in [1.29, 1.82) is 5.26 Å². The maximum absolute atomic E-state index is 13.5. The second-order valence-corrected chi connectivity index (χ2v) is 10.7. The summed E-state index contributed by atoms with van der Waals surface area (Å²) in [5.74, 6) is -0.371. The number of rotatable bonds is 12. The van der Waals surface area contributed by atoms with Gasteiger partial charge in [0, 0.05) is 19.7 Å². The number of benzene rings is 1. The van der Waals surface area contributed by atoms with Crippen molar-refractivity contribution in [2.75, 3.05) is 38.3 Å². The van der Waals surface area contributed by atoms with E-state index in [4.69, 9.17) is 22.2 Å². The number of nitriles is 1. The van der Waals surface area contributed by atoms with Gasteiger partial charge in [0.05, 0.1) is 29.5 Å². The predicted molar refractivity (Wildman–Crippen MR) is 141 cm³/mol. The molecular formula is C27H37F3N4O2S. The summed E-state index contributed by atoms with van der Waals surface area (Å²) in [5.41, 5.74) is -2.49. The highest BCUT2D eigenvalue weighted by molar-refractivity contribution is 7.80. The Morgan fingerprint density at radius 1 is 1.14 bits per heavy atom. The first-order valence-corrected chi connectivity index (χ1v) is 13.4. The summed E-state index contributed by atoms with van der Waals surface area (Å²) in [5, 5.41) is 9.26. The molecule has 204 valence electrons. The normalized spacial score (nSPS) is 20.2. The van der Waals surface area contributed by atoms with E-state index in [9.17, 15) is 18.0 Å². The molecule has 0 N–H and O–H groups in total. The van der Waals surface area contributed by atoms with Gasteiger partial charge in [0.15, 0.2) is 5.11 Å². The number of carbonyl (C=O) groups is 1. The summed E-state index contributed by atoms with van der Waals surface area (Å²) in [6, 6.07) is 5.39. The minimum Gasteiger partial charge on any atom is -0.383 e. The number of methoxy groups -OCH3 is 1. The molecule has 37 heavy (non-hydrogen) atoms. The number of hydrogen-bond acceptors (Lipinski definition) is 5. The fraction of sp³-hybridized carbons (Fsp3) is 0.667. The van der Waals surface area contributed by atoms with Gasteiger partial charge in [-0.15, -0.1) is 0 Å². The van der Waals surface area contributed by atoms with Crippen LogP contribution in [0.4, 0.5) is 18.9 Å². The lowest BCUT2D eigenvalue weighted by molar-refractivity contribution is -0.137. The molecule has 2 heterocycles. The maximum Gasteiger partial charge on any atom is 0.417 e. The average Bonchev–Trinajstić information content (AvgIpc) is 3.35. The molecule has 1 aromatic rings. The lowest BCUT2D eigenvalue weighted by Crippen LogP contribution is -2.44. The summed E-state index contributed by atoms with van der Waals surface area (Å²) in [4.78, 5) is 18.7. The van der Waals surface area contributed by atoms with E-state index >= 15 is 0 Å². The van der Waals surface area contributed by atoms with Gasteiger partial charge in [-0.3, -0.25) is 14.6 Å². The Labute approximate surface area is 223 Å². The molecule has 1 unspecified atom stereocenters. The van der Waals surface area contributed by atoms with Gasteiger partial charge in [0.25, 0.3) is 5.91 Å². The van der Waals surface area contributed by atoms with Crippen LogP contribution in [0.3, 0.4) is 0 Å². The summed E-state index contributed by atoms with van der Waals surface area (Å²) in [7, 11) is 1.76. The number of alkyl halides is 3. The van der Waals surface area contributed by atoms with E-state index in [1.807, 2.05) is 0 Å². The van der Waals surface area contributed by atoms with Crippen molar-refractivity contribution in [3.8, 4) is 6.07 Å². The van der Waals surface area contributed by atoms with Gasteiger partial charge >= 0.3 is 6.18 Å². The average molecular weight is 539 g/mol. The Kier molecular flexibility index (Phi) is 9.95. The molecule has 1 amide bonds. The Morgan fingerprint density at radius 2 is 1.78 bits per heavy atom. The van der Waals surface area contributed by atoms with E-state index in [1.54, 1.807) is 31.9 Å². The molecule has 3 rings (SSSR count). The smallest absolute Gasteiger partial charge is 0.383 e. The van der Waals surface area contributed by atoms with Crippen LogP contribution in [0.25, 0.3) is 0 Å². The quantitative estimate of drug-likeness (QED) is 0.250. The van der Waals surface area contributed by atoms with E-state index in [-0.39, 0.29) is 16.7 Å². The van der Waals surface area contributed by atoms with Crippen molar-refractivity contribution < 1.29 is 22.7 Å². The van der Waals surface area contributed by atoms with Crippen molar-refractivity contribution >= 4 is 28.9 Å². The van der Waals surface area contributed by atoms with Gasteiger partial charge in [-0.1, -0.05) is 25.7 Å². The van der Waals surface area contributed by atoms with Gasteiger partial charge < -0.3 is 9.64 Å². The number of halogens is 3. The summed E-state index contributed by atoms with van der Waals surface area (Å²) in [6.45, 7) is 7.13. The minimum atomic E-state index is -4.71. The Balaban J connectivity index is 1.49. The summed E-state index contributed by atoms with van der Waals surface area (Å²) >= 11 is 5.55. The Morgan fingerprint density at radius 3 is 2.41 bits per heavy atom. The second kappa shape index (κ2) is 12.5. The Hall–Kier alpha value is -2.22. The number of ether oxygens (including phenoxy) is 1. The highest BCUT2D eigenvalue weighted by Gasteiger charge is 2.49. The highest BCUT2D eigenvalue weighted by atomic mass is 32.1. The highest BCUT2D eigenvalue weighted by Crippen LogP contribution is 2.38. The number of likely N-dealkylation sites (tertiary alicyclic amines) is 1. The first kappa shape index (κ1) is 29.3. The third-order valence-corrected chi connectivity index (χ3v) is 7.85. The number of amides is 1. The zero-order valence-electron chi connectivity index (χ0n) is 21.9.